The highest BCUT2D eigenvalue weighted by molar-refractivity contribution is 14.0. The molecule has 1 aromatic heterocycles. The summed E-state index contributed by atoms with van der Waals surface area (Å²) >= 11 is 0. The Kier molecular flexibility index (Phi) is 11.5. The van der Waals surface area contributed by atoms with E-state index in [1.165, 1.54) is 0 Å². The number of nitrogens with zero attached hydrogens (tertiary/aromatic N) is 5. The van der Waals surface area contributed by atoms with Gasteiger partial charge in [-0.1, -0.05) is 0 Å². The summed E-state index contributed by atoms with van der Waals surface area (Å²) in [7, 11) is 0. The third-order valence-electron chi connectivity index (χ3n) is 4.94. The molecule has 172 valence electrons. The molecule has 9 heteroatoms. The van der Waals surface area contributed by atoms with Crippen molar-refractivity contribution in [3.05, 3.63) is 18.7 Å². The number of aliphatic imine (C=N–C) groups is 1. The summed E-state index contributed by atoms with van der Waals surface area (Å²) in [5, 5.41) is 3.41. The summed E-state index contributed by atoms with van der Waals surface area (Å²) in [5.41, 5.74) is -0.457. The van der Waals surface area contributed by atoms with Crippen molar-refractivity contribution in [2.45, 2.75) is 59.6 Å². The first-order chi connectivity index (χ1) is 13.8. The average Bonchev–Trinajstić information content (AvgIpc) is 3.18. The average molecular weight is 534 g/mol. The number of carbonyl (C=O) groups is 1. The molecule has 0 radical (unpaired) electrons. The molecule has 2 rings (SSSR count). The molecular weight excluding hydrogens is 495 g/mol. The van der Waals surface area contributed by atoms with E-state index in [1.807, 2.05) is 49.7 Å². The number of hydrogen-bond donors (Lipinski definition) is 1. The Balaban J connectivity index is 0.00000450. The summed E-state index contributed by atoms with van der Waals surface area (Å²) in [6, 6.07) is 0. The van der Waals surface area contributed by atoms with Gasteiger partial charge in [-0.3, -0.25) is 4.99 Å². The number of nitrogens with one attached hydrogen (secondary N) is 1. The predicted molar refractivity (Wildman–Crippen MR) is 131 cm³/mol. The van der Waals surface area contributed by atoms with Crippen LogP contribution in [0.5, 0.6) is 0 Å². The van der Waals surface area contributed by atoms with Gasteiger partial charge in [0.05, 0.1) is 12.9 Å². The fourth-order valence-electron chi connectivity index (χ4n) is 3.41. The smallest absolute Gasteiger partial charge is 0.410 e. The summed E-state index contributed by atoms with van der Waals surface area (Å²) in [4.78, 5) is 25.4. The topological polar surface area (TPSA) is 75.0 Å². The van der Waals surface area contributed by atoms with Crippen molar-refractivity contribution >= 4 is 36.0 Å². The van der Waals surface area contributed by atoms with E-state index in [0.717, 1.165) is 58.1 Å². The van der Waals surface area contributed by atoms with Crippen molar-refractivity contribution in [3.63, 3.8) is 0 Å². The van der Waals surface area contributed by atoms with Gasteiger partial charge >= 0.3 is 6.09 Å². The third kappa shape index (κ3) is 9.09. The molecule has 1 amide bonds. The second kappa shape index (κ2) is 13.0. The van der Waals surface area contributed by atoms with Crippen LogP contribution in [0.4, 0.5) is 4.79 Å². The summed E-state index contributed by atoms with van der Waals surface area (Å²) in [6.45, 7) is 15.6. The lowest BCUT2D eigenvalue weighted by Gasteiger charge is -2.36. The number of guanidine groups is 1. The van der Waals surface area contributed by atoms with Gasteiger partial charge in [0.25, 0.3) is 0 Å². The van der Waals surface area contributed by atoms with E-state index < -0.39 is 5.60 Å². The number of rotatable bonds is 7. The van der Waals surface area contributed by atoms with Crippen LogP contribution in [0.3, 0.4) is 0 Å². The molecule has 0 bridgehead atoms. The molecule has 30 heavy (non-hydrogen) atoms. The van der Waals surface area contributed by atoms with E-state index in [-0.39, 0.29) is 30.1 Å². The molecule has 1 fully saturated rings. The summed E-state index contributed by atoms with van der Waals surface area (Å²) in [6.07, 6.45) is 7.44. The molecule has 1 saturated heterocycles. The lowest BCUT2D eigenvalue weighted by atomic mass is 9.96. The number of halogens is 1. The molecule has 8 nitrogen and oxygen atoms in total. The number of piperidine rings is 1. The van der Waals surface area contributed by atoms with Crippen LogP contribution in [0.2, 0.25) is 0 Å². The van der Waals surface area contributed by atoms with Crippen molar-refractivity contribution in [3.8, 4) is 0 Å². The van der Waals surface area contributed by atoms with E-state index in [1.54, 1.807) is 6.20 Å². The molecule has 1 aliphatic heterocycles. The van der Waals surface area contributed by atoms with Gasteiger partial charge in [-0.2, -0.15) is 0 Å². The van der Waals surface area contributed by atoms with Gasteiger partial charge in [0, 0.05) is 51.7 Å². The Morgan fingerprint density at radius 3 is 2.53 bits per heavy atom. The van der Waals surface area contributed by atoms with Crippen molar-refractivity contribution < 1.29 is 9.53 Å². The molecule has 0 aromatic carbocycles. The number of ether oxygens (including phenoxy) is 1. The molecule has 0 aliphatic carbocycles. The zero-order valence-corrected chi connectivity index (χ0v) is 21.5. The second-order valence-corrected chi connectivity index (χ2v) is 8.49. The van der Waals surface area contributed by atoms with Gasteiger partial charge in [0.15, 0.2) is 5.96 Å². The van der Waals surface area contributed by atoms with Crippen LogP contribution in [-0.4, -0.2) is 76.3 Å². The number of imidazole rings is 1. The maximum atomic E-state index is 12.4. The van der Waals surface area contributed by atoms with Crippen molar-refractivity contribution in [1.82, 2.24) is 24.7 Å². The Bertz CT molecular complexity index is 636. The van der Waals surface area contributed by atoms with Gasteiger partial charge in [-0.05, 0) is 53.4 Å². The molecule has 0 atom stereocenters. The number of hydrogen-bond acceptors (Lipinski definition) is 4. The second-order valence-electron chi connectivity index (χ2n) is 8.49. The van der Waals surface area contributed by atoms with E-state index >= 15 is 0 Å². The van der Waals surface area contributed by atoms with Gasteiger partial charge in [-0.15, -0.1) is 24.0 Å². The summed E-state index contributed by atoms with van der Waals surface area (Å²) in [5.74, 6) is 1.47. The third-order valence-corrected chi connectivity index (χ3v) is 4.94. The van der Waals surface area contributed by atoms with E-state index in [0.29, 0.717) is 12.5 Å². The minimum atomic E-state index is -0.457. The zero-order chi connectivity index (χ0) is 21.3. The number of aromatic nitrogens is 2. The predicted octanol–water partition coefficient (Wildman–Crippen LogP) is 3.44. The maximum absolute atomic E-state index is 12.4. The number of likely N-dealkylation sites (tertiary alicyclic amines) is 1. The Hall–Kier alpha value is -1.52. The largest absolute Gasteiger partial charge is 0.444 e. The van der Waals surface area contributed by atoms with Crippen LogP contribution < -0.4 is 5.32 Å². The molecule has 1 aliphatic rings. The highest BCUT2D eigenvalue weighted by atomic mass is 127. The number of carbonyl (C=O) groups excluding carboxylic acids is 1. The van der Waals surface area contributed by atoms with E-state index in [9.17, 15) is 4.79 Å². The molecule has 0 spiro atoms. The monoisotopic (exact) mass is 534 g/mol. The van der Waals surface area contributed by atoms with Gasteiger partial charge in [0.1, 0.15) is 5.60 Å². The number of amides is 1. The molecule has 0 saturated carbocycles. The minimum absolute atomic E-state index is 0. The first-order valence-corrected chi connectivity index (χ1v) is 10.8. The zero-order valence-electron chi connectivity index (χ0n) is 19.1. The normalized spacial score (nSPS) is 15.5. The van der Waals surface area contributed by atoms with Crippen molar-refractivity contribution in [2.75, 3.05) is 39.3 Å². The maximum Gasteiger partial charge on any atom is 0.410 e. The SMILES string of the molecule is CCNC(=NCCn1ccnc1)N1CCC(CN(CC)C(=O)OC(C)(C)C)CC1.I. The highest BCUT2D eigenvalue weighted by Gasteiger charge is 2.27. The molecule has 0 unspecified atom stereocenters. The minimum Gasteiger partial charge on any atom is -0.444 e. The van der Waals surface area contributed by atoms with Crippen LogP contribution in [0.15, 0.2) is 23.7 Å². The lowest BCUT2D eigenvalue weighted by molar-refractivity contribution is 0.0214. The van der Waals surface area contributed by atoms with Gasteiger partial charge in [0.2, 0.25) is 0 Å². The first kappa shape index (κ1) is 26.5. The van der Waals surface area contributed by atoms with Crippen molar-refractivity contribution in [1.29, 1.82) is 0 Å². The summed E-state index contributed by atoms with van der Waals surface area (Å²) < 4.78 is 7.58. The fourth-order valence-corrected chi connectivity index (χ4v) is 3.41. The standard InChI is InChI=1S/C21H38N6O2.HI/c1-6-23-19(24-11-15-25-14-10-22-17-25)27-12-8-18(9-13-27)16-26(7-2)20(28)29-21(3,4)5;/h10,14,17-18H,6-9,11-13,15-16H2,1-5H3,(H,23,24);1H. The van der Waals surface area contributed by atoms with E-state index in [2.05, 4.69) is 22.1 Å². The van der Waals surface area contributed by atoms with Gasteiger partial charge in [-0.25, -0.2) is 9.78 Å². The van der Waals surface area contributed by atoms with Crippen molar-refractivity contribution in [2.24, 2.45) is 10.9 Å². The Morgan fingerprint density at radius 2 is 2.00 bits per heavy atom. The van der Waals surface area contributed by atoms with Crippen LogP contribution in [-0.2, 0) is 11.3 Å². The van der Waals surface area contributed by atoms with Crippen LogP contribution in [0.25, 0.3) is 0 Å². The highest BCUT2D eigenvalue weighted by Crippen LogP contribution is 2.20. The fraction of sp³-hybridized carbons (Fsp3) is 0.762. The Morgan fingerprint density at radius 1 is 1.30 bits per heavy atom. The Labute approximate surface area is 198 Å². The van der Waals surface area contributed by atoms with Crippen LogP contribution >= 0.6 is 24.0 Å². The molecule has 2 heterocycles. The molecule has 1 N–H and O–H groups in total. The quantitative estimate of drug-likeness (QED) is 0.330. The molecular formula is C21H39IN6O2. The van der Waals surface area contributed by atoms with Crippen LogP contribution in [0.1, 0.15) is 47.5 Å². The van der Waals surface area contributed by atoms with E-state index in [4.69, 9.17) is 9.73 Å². The first-order valence-electron chi connectivity index (χ1n) is 10.8. The van der Waals surface area contributed by atoms with Crippen LogP contribution in [0, 0.1) is 5.92 Å². The van der Waals surface area contributed by atoms with Gasteiger partial charge < -0.3 is 24.4 Å². The molecule has 1 aromatic rings. The lowest BCUT2D eigenvalue weighted by Crippen LogP contribution is -2.48.